The Bertz CT molecular complexity index is 1090. The molecule has 0 amide bonds. The molecule has 0 N–H and O–H groups in total. The normalized spacial score (nSPS) is 16.8. The summed E-state index contributed by atoms with van der Waals surface area (Å²) < 4.78 is 2.59. The van der Waals surface area contributed by atoms with Gasteiger partial charge >= 0.3 is 0 Å². The van der Waals surface area contributed by atoms with Crippen LogP contribution in [0.15, 0.2) is 30.5 Å². The Hall–Kier alpha value is -2.53. The maximum Gasteiger partial charge on any atom is 0.128 e. The summed E-state index contributed by atoms with van der Waals surface area (Å²) in [6, 6.07) is 9.10. The van der Waals surface area contributed by atoms with Gasteiger partial charge in [0, 0.05) is 76.3 Å². The topological polar surface area (TPSA) is 27.5 Å². The quantitative estimate of drug-likeness (QED) is 0.626. The van der Waals surface area contributed by atoms with E-state index in [9.17, 15) is 0 Å². The zero-order chi connectivity index (χ0) is 21.5. The number of nitrogens with zero attached hydrogens (tertiary/aromatic N) is 5. The molecule has 0 unspecified atom stereocenters. The van der Waals surface area contributed by atoms with E-state index < -0.39 is 0 Å². The highest BCUT2D eigenvalue weighted by atomic mass is 15.3. The third-order valence-corrected chi connectivity index (χ3v) is 7.23. The number of anilines is 2. The van der Waals surface area contributed by atoms with Crippen LogP contribution in [0, 0.1) is 13.8 Å². The van der Waals surface area contributed by atoms with Crippen LogP contribution < -0.4 is 9.80 Å². The van der Waals surface area contributed by atoms with Gasteiger partial charge in [-0.1, -0.05) is 0 Å². The zero-order valence-corrected chi connectivity index (χ0v) is 19.5. The van der Waals surface area contributed by atoms with Gasteiger partial charge in [0.2, 0.25) is 0 Å². The largest absolute Gasteiger partial charge is 0.378 e. The van der Waals surface area contributed by atoms with Crippen molar-refractivity contribution >= 4 is 22.4 Å². The molecule has 1 fully saturated rings. The maximum absolute atomic E-state index is 4.58. The number of rotatable bonds is 5. The van der Waals surface area contributed by atoms with Gasteiger partial charge in [0.15, 0.2) is 0 Å². The van der Waals surface area contributed by atoms with E-state index in [2.05, 4.69) is 76.5 Å². The first-order chi connectivity index (χ1) is 15.0. The Labute approximate surface area is 186 Å². The molecule has 31 heavy (non-hydrogen) atoms. The van der Waals surface area contributed by atoms with E-state index in [0.717, 1.165) is 45.0 Å². The summed E-state index contributed by atoms with van der Waals surface area (Å²) in [5.74, 6) is 1.13. The van der Waals surface area contributed by atoms with Crippen LogP contribution in [0.4, 0.5) is 11.5 Å². The molecule has 1 saturated heterocycles. The molecule has 0 atom stereocenters. The third-order valence-electron chi connectivity index (χ3n) is 7.23. The van der Waals surface area contributed by atoms with E-state index >= 15 is 0 Å². The van der Waals surface area contributed by atoms with Gasteiger partial charge in [-0.2, -0.15) is 0 Å². The van der Waals surface area contributed by atoms with Crippen LogP contribution in [0.25, 0.3) is 10.9 Å². The van der Waals surface area contributed by atoms with Crippen molar-refractivity contribution < 1.29 is 0 Å². The first kappa shape index (κ1) is 20.4. The van der Waals surface area contributed by atoms with Crippen LogP contribution in [-0.4, -0.2) is 61.3 Å². The summed E-state index contributed by atoms with van der Waals surface area (Å²) in [6.07, 6.45) is 5.52. The van der Waals surface area contributed by atoms with Gasteiger partial charge in [0.1, 0.15) is 5.82 Å². The summed E-state index contributed by atoms with van der Waals surface area (Å²) in [6.45, 7) is 11.1. The molecular weight excluding hydrogens is 382 g/mol. The summed E-state index contributed by atoms with van der Waals surface area (Å²) in [5.41, 5.74) is 8.69. The monoisotopic (exact) mass is 417 g/mol. The minimum atomic E-state index is 1.06. The predicted molar refractivity (Wildman–Crippen MR) is 131 cm³/mol. The van der Waals surface area contributed by atoms with Crippen molar-refractivity contribution in [3.63, 3.8) is 0 Å². The van der Waals surface area contributed by atoms with Crippen LogP contribution in [-0.2, 0) is 19.4 Å². The molecule has 1 aromatic carbocycles. The zero-order valence-electron chi connectivity index (χ0n) is 19.5. The summed E-state index contributed by atoms with van der Waals surface area (Å²) in [5, 5.41) is 1.49. The average molecular weight is 418 g/mol. The van der Waals surface area contributed by atoms with Crippen molar-refractivity contribution in [1.82, 2.24) is 14.5 Å². The van der Waals surface area contributed by atoms with Crippen molar-refractivity contribution in [3.8, 4) is 0 Å². The van der Waals surface area contributed by atoms with Crippen LogP contribution in [0.1, 0.15) is 28.8 Å². The van der Waals surface area contributed by atoms with Crippen LogP contribution in [0.5, 0.6) is 0 Å². The van der Waals surface area contributed by atoms with Gasteiger partial charge in [-0.15, -0.1) is 0 Å². The van der Waals surface area contributed by atoms with Crippen LogP contribution >= 0.6 is 0 Å². The van der Waals surface area contributed by atoms with Gasteiger partial charge in [0.05, 0.1) is 5.52 Å². The SMILES string of the molecule is Cc1ccnc(N2CCN(CCc3c(C)n4c5c(cc(N(C)C)cc35)CCC4)CC2)c1. The van der Waals surface area contributed by atoms with Crippen molar-refractivity contribution in [3.05, 3.63) is 52.8 Å². The summed E-state index contributed by atoms with van der Waals surface area (Å²) >= 11 is 0. The van der Waals surface area contributed by atoms with Crippen LogP contribution in [0.3, 0.4) is 0 Å². The average Bonchev–Trinajstić information content (AvgIpc) is 3.05. The Kier molecular flexibility index (Phi) is 5.39. The first-order valence-corrected chi connectivity index (χ1v) is 11.7. The number of aryl methyl sites for hydroxylation is 3. The fourth-order valence-electron chi connectivity index (χ4n) is 5.39. The Balaban J connectivity index is 1.32. The Morgan fingerprint density at radius 2 is 1.81 bits per heavy atom. The molecule has 0 saturated carbocycles. The minimum absolute atomic E-state index is 1.06. The lowest BCUT2D eigenvalue weighted by molar-refractivity contribution is 0.260. The minimum Gasteiger partial charge on any atom is -0.378 e. The van der Waals surface area contributed by atoms with Crippen molar-refractivity contribution in [2.24, 2.45) is 0 Å². The highest BCUT2D eigenvalue weighted by Gasteiger charge is 2.23. The molecule has 2 aliphatic rings. The fourth-order valence-corrected chi connectivity index (χ4v) is 5.39. The molecule has 2 aromatic heterocycles. The lowest BCUT2D eigenvalue weighted by atomic mass is 10.00. The fraction of sp³-hybridized carbons (Fsp3) is 0.500. The van der Waals surface area contributed by atoms with Crippen molar-refractivity contribution in [1.29, 1.82) is 0 Å². The number of hydrogen-bond donors (Lipinski definition) is 0. The van der Waals surface area contributed by atoms with E-state index in [1.165, 1.54) is 52.8 Å². The molecule has 0 spiro atoms. The van der Waals surface area contributed by atoms with E-state index in [0.29, 0.717) is 0 Å². The molecule has 5 heteroatoms. The Morgan fingerprint density at radius 3 is 2.55 bits per heavy atom. The molecule has 4 heterocycles. The summed E-state index contributed by atoms with van der Waals surface area (Å²) in [4.78, 5) is 11.9. The van der Waals surface area contributed by atoms with Gasteiger partial charge in [-0.05, 0) is 74.1 Å². The molecule has 5 nitrogen and oxygen atoms in total. The number of piperazine rings is 1. The number of aromatic nitrogens is 2. The Morgan fingerprint density at radius 1 is 1.00 bits per heavy atom. The smallest absolute Gasteiger partial charge is 0.128 e. The number of hydrogen-bond acceptors (Lipinski definition) is 4. The second kappa shape index (κ2) is 8.19. The third kappa shape index (κ3) is 3.80. The molecule has 3 aromatic rings. The van der Waals surface area contributed by atoms with Gasteiger partial charge < -0.3 is 14.4 Å². The molecule has 164 valence electrons. The standard InChI is InChI=1S/C26H35N5/c1-19-7-9-27-25(16-19)30-14-12-29(13-15-30)11-8-23-20(2)31-10-5-6-21-17-22(28(3)4)18-24(23)26(21)31/h7,9,16-18H,5-6,8,10-15H2,1-4H3. The molecule has 5 rings (SSSR count). The second-order valence-electron chi connectivity index (χ2n) is 9.48. The highest BCUT2D eigenvalue weighted by Crippen LogP contribution is 2.36. The second-order valence-corrected chi connectivity index (χ2v) is 9.48. The van der Waals surface area contributed by atoms with Crippen LogP contribution in [0.2, 0.25) is 0 Å². The van der Waals surface area contributed by atoms with Gasteiger partial charge in [-0.25, -0.2) is 4.98 Å². The lowest BCUT2D eigenvalue weighted by Crippen LogP contribution is -2.47. The van der Waals surface area contributed by atoms with Crippen molar-refractivity contribution in [2.45, 2.75) is 39.7 Å². The van der Waals surface area contributed by atoms with Gasteiger partial charge in [-0.3, -0.25) is 4.90 Å². The summed E-state index contributed by atoms with van der Waals surface area (Å²) in [7, 11) is 4.31. The van der Waals surface area contributed by atoms with E-state index in [4.69, 9.17) is 0 Å². The number of pyridine rings is 1. The molecular formula is C26H35N5. The lowest BCUT2D eigenvalue weighted by Gasteiger charge is -2.35. The predicted octanol–water partition coefficient (Wildman–Crippen LogP) is 4.03. The number of benzene rings is 1. The molecule has 0 aliphatic carbocycles. The van der Waals surface area contributed by atoms with E-state index in [1.54, 1.807) is 5.56 Å². The first-order valence-electron chi connectivity index (χ1n) is 11.7. The maximum atomic E-state index is 4.58. The molecule has 0 bridgehead atoms. The van der Waals surface area contributed by atoms with E-state index in [-0.39, 0.29) is 0 Å². The highest BCUT2D eigenvalue weighted by molar-refractivity contribution is 5.92. The van der Waals surface area contributed by atoms with E-state index in [1.807, 2.05) is 6.20 Å². The molecule has 2 aliphatic heterocycles. The van der Waals surface area contributed by atoms with Crippen molar-refractivity contribution in [2.75, 3.05) is 56.6 Å². The van der Waals surface area contributed by atoms with Gasteiger partial charge in [0.25, 0.3) is 0 Å². The molecule has 0 radical (unpaired) electrons.